The Morgan fingerprint density at radius 2 is 1.71 bits per heavy atom. The first-order valence-corrected chi connectivity index (χ1v) is 6.68. The number of carbonyl (C=O) groups is 1. The molecule has 2 N–H and O–H groups in total. The van der Waals surface area contributed by atoms with Gasteiger partial charge >= 0.3 is 6.03 Å². The summed E-state index contributed by atoms with van der Waals surface area (Å²) in [7, 11) is 2.86. The minimum absolute atomic E-state index is 0.0336. The Hall–Kier alpha value is -1.98. The van der Waals surface area contributed by atoms with Gasteiger partial charge in [-0.3, -0.25) is 0 Å². The van der Waals surface area contributed by atoms with E-state index in [2.05, 4.69) is 10.6 Å². The number of carbonyl (C=O) groups excluding carboxylic acids is 1. The zero-order chi connectivity index (χ0) is 16.2. The van der Waals surface area contributed by atoms with Gasteiger partial charge in [-0.15, -0.1) is 0 Å². The van der Waals surface area contributed by atoms with Crippen LogP contribution in [0.3, 0.4) is 0 Å². The molecule has 0 bridgehead atoms. The lowest BCUT2D eigenvalue weighted by Gasteiger charge is -2.28. The van der Waals surface area contributed by atoms with Crippen LogP contribution in [0.1, 0.15) is 27.7 Å². The fourth-order valence-corrected chi connectivity index (χ4v) is 1.52. The Morgan fingerprint density at radius 3 is 2.19 bits per heavy atom. The first-order valence-electron chi connectivity index (χ1n) is 6.68. The molecule has 0 aromatic heterocycles. The van der Waals surface area contributed by atoms with E-state index in [0.717, 1.165) is 0 Å². The topological polar surface area (TPSA) is 59.6 Å². The van der Waals surface area contributed by atoms with Crippen LogP contribution < -0.4 is 20.1 Å². The number of nitrogens with one attached hydrogen (secondary N) is 2. The number of ether oxygens (including phenoxy) is 2. The van der Waals surface area contributed by atoms with Crippen LogP contribution >= 0.6 is 0 Å². The average Bonchev–Trinajstić information content (AvgIpc) is 2.39. The number of methoxy groups -OCH3 is 2. The molecule has 5 nitrogen and oxygen atoms in total. The van der Waals surface area contributed by atoms with Gasteiger partial charge in [0.25, 0.3) is 0 Å². The van der Waals surface area contributed by atoms with Crippen LogP contribution in [0.4, 0.5) is 14.9 Å². The molecule has 0 fully saturated rings. The maximum Gasteiger partial charge on any atom is 0.319 e. The number of amides is 2. The number of benzene rings is 1. The first-order chi connectivity index (χ1) is 9.68. The first kappa shape index (κ1) is 17.1. The molecule has 0 aliphatic heterocycles. The molecule has 1 aromatic rings. The van der Waals surface area contributed by atoms with E-state index in [9.17, 15) is 9.18 Å². The monoisotopic (exact) mass is 298 g/mol. The van der Waals surface area contributed by atoms with Gasteiger partial charge in [-0.2, -0.15) is 0 Å². The third-order valence-corrected chi connectivity index (χ3v) is 3.37. The second kappa shape index (κ2) is 6.65. The number of hydrogen-bond donors (Lipinski definition) is 2. The molecule has 2 amide bonds. The molecule has 0 spiro atoms. The van der Waals surface area contributed by atoms with Crippen molar-refractivity contribution in [1.29, 1.82) is 0 Å². The molecule has 1 rings (SSSR count). The number of halogens is 1. The van der Waals surface area contributed by atoms with E-state index in [1.165, 1.54) is 26.4 Å². The van der Waals surface area contributed by atoms with Gasteiger partial charge < -0.3 is 20.1 Å². The fourth-order valence-electron chi connectivity index (χ4n) is 1.52. The van der Waals surface area contributed by atoms with Gasteiger partial charge in [-0.05, 0) is 12.3 Å². The molecule has 0 aliphatic rings. The fraction of sp³-hybridized carbons (Fsp3) is 0.533. The average molecular weight is 298 g/mol. The van der Waals surface area contributed by atoms with Crippen molar-refractivity contribution in [3.8, 4) is 11.5 Å². The summed E-state index contributed by atoms with van der Waals surface area (Å²) in [6.45, 7) is 7.92. The second-order valence-corrected chi connectivity index (χ2v) is 5.87. The van der Waals surface area contributed by atoms with E-state index in [4.69, 9.17) is 9.47 Å². The molecule has 0 saturated carbocycles. The highest BCUT2D eigenvalue weighted by Crippen LogP contribution is 2.32. The molecule has 0 radical (unpaired) electrons. The van der Waals surface area contributed by atoms with Gasteiger partial charge in [0.2, 0.25) is 0 Å². The summed E-state index contributed by atoms with van der Waals surface area (Å²) < 4.78 is 24.0. The number of hydrogen-bond acceptors (Lipinski definition) is 3. The van der Waals surface area contributed by atoms with Crippen molar-refractivity contribution < 1.29 is 18.7 Å². The Balaban J connectivity index is 2.86. The Labute approximate surface area is 124 Å². The summed E-state index contributed by atoms with van der Waals surface area (Å²) in [5, 5.41) is 5.25. The SMILES string of the molecule is COc1cc(F)c(NC(=O)N[C@H](C)C(C)(C)C)cc1OC. The number of urea groups is 1. The van der Waals surface area contributed by atoms with Crippen molar-refractivity contribution in [2.45, 2.75) is 33.7 Å². The summed E-state index contributed by atoms with van der Waals surface area (Å²) in [6.07, 6.45) is 0. The Bertz CT molecular complexity index is 512. The Kier molecular flexibility index (Phi) is 5.41. The largest absolute Gasteiger partial charge is 0.493 e. The quantitative estimate of drug-likeness (QED) is 0.895. The number of rotatable bonds is 4. The van der Waals surface area contributed by atoms with E-state index in [-0.39, 0.29) is 22.9 Å². The lowest BCUT2D eigenvalue weighted by Crippen LogP contribution is -2.43. The van der Waals surface area contributed by atoms with Crippen molar-refractivity contribution in [2.24, 2.45) is 5.41 Å². The molecular weight excluding hydrogens is 275 g/mol. The van der Waals surface area contributed by atoms with Crippen LogP contribution in [0.5, 0.6) is 11.5 Å². The van der Waals surface area contributed by atoms with Crippen LogP contribution in [0.2, 0.25) is 0 Å². The highest BCUT2D eigenvalue weighted by molar-refractivity contribution is 5.90. The van der Waals surface area contributed by atoms with Gasteiger partial charge in [-0.1, -0.05) is 20.8 Å². The minimum Gasteiger partial charge on any atom is -0.493 e. The van der Waals surface area contributed by atoms with E-state index in [0.29, 0.717) is 5.75 Å². The minimum atomic E-state index is -0.591. The summed E-state index contributed by atoms with van der Waals surface area (Å²) in [4.78, 5) is 11.9. The normalized spacial score (nSPS) is 12.5. The highest BCUT2D eigenvalue weighted by Gasteiger charge is 2.22. The zero-order valence-corrected chi connectivity index (χ0v) is 13.3. The van der Waals surface area contributed by atoms with Gasteiger partial charge in [0.15, 0.2) is 17.3 Å². The molecule has 118 valence electrons. The molecule has 6 heteroatoms. The van der Waals surface area contributed by atoms with Crippen LogP contribution in [-0.2, 0) is 0 Å². The van der Waals surface area contributed by atoms with Crippen molar-refractivity contribution in [3.05, 3.63) is 17.9 Å². The molecule has 21 heavy (non-hydrogen) atoms. The van der Waals surface area contributed by atoms with Crippen molar-refractivity contribution in [1.82, 2.24) is 5.32 Å². The van der Waals surface area contributed by atoms with Crippen molar-refractivity contribution in [3.63, 3.8) is 0 Å². The van der Waals surface area contributed by atoms with Gasteiger partial charge in [-0.25, -0.2) is 9.18 Å². The van der Waals surface area contributed by atoms with Gasteiger partial charge in [0, 0.05) is 18.2 Å². The van der Waals surface area contributed by atoms with Crippen LogP contribution in [0.15, 0.2) is 12.1 Å². The van der Waals surface area contributed by atoms with Crippen LogP contribution in [-0.4, -0.2) is 26.3 Å². The van der Waals surface area contributed by atoms with Crippen LogP contribution in [0.25, 0.3) is 0 Å². The van der Waals surface area contributed by atoms with E-state index < -0.39 is 11.8 Å². The van der Waals surface area contributed by atoms with Crippen LogP contribution in [0, 0.1) is 11.2 Å². The smallest absolute Gasteiger partial charge is 0.319 e. The van der Waals surface area contributed by atoms with E-state index >= 15 is 0 Å². The predicted octanol–water partition coefficient (Wildman–Crippen LogP) is 3.40. The van der Waals surface area contributed by atoms with E-state index in [1.807, 2.05) is 27.7 Å². The van der Waals surface area contributed by atoms with Gasteiger partial charge in [0.05, 0.1) is 19.9 Å². The lowest BCUT2D eigenvalue weighted by atomic mass is 9.88. The molecule has 1 aromatic carbocycles. The predicted molar refractivity (Wildman–Crippen MR) is 80.6 cm³/mol. The third-order valence-electron chi connectivity index (χ3n) is 3.37. The zero-order valence-electron chi connectivity index (χ0n) is 13.3. The molecule has 1 atom stereocenters. The van der Waals surface area contributed by atoms with Crippen molar-refractivity contribution in [2.75, 3.05) is 19.5 Å². The summed E-state index contributed by atoms with van der Waals surface area (Å²) >= 11 is 0. The Morgan fingerprint density at radius 1 is 1.19 bits per heavy atom. The maximum atomic E-state index is 13.9. The molecule has 0 heterocycles. The molecule has 0 saturated heterocycles. The number of anilines is 1. The van der Waals surface area contributed by atoms with Gasteiger partial charge in [0.1, 0.15) is 0 Å². The van der Waals surface area contributed by atoms with Crippen molar-refractivity contribution >= 4 is 11.7 Å². The molecular formula is C15H23FN2O3. The standard InChI is InChI=1S/C15H23FN2O3/c1-9(15(2,3)4)17-14(19)18-11-8-13(21-6)12(20-5)7-10(11)16/h7-9H,1-6H3,(H2,17,18,19)/t9-/m1/s1. The lowest BCUT2D eigenvalue weighted by molar-refractivity contribution is 0.233. The molecule has 0 unspecified atom stereocenters. The highest BCUT2D eigenvalue weighted by atomic mass is 19.1. The second-order valence-electron chi connectivity index (χ2n) is 5.87. The maximum absolute atomic E-state index is 13.9. The third kappa shape index (κ3) is 4.51. The summed E-state index contributed by atoms with van der Waals surface area (Å²) in [6, 6.07) is 2.01. The summed E-state index contributed by atoms with van der Waals surface area (Å²) in [5.74, 6) is 0.0216. The molecule has 0 aliphatic carbocycles. The van der Waals surface area contributed by atoms with E-state index in [1.54, 1.807) is 0 Å². The summed E-state index contributed by atoms with van der Waals surface area (Å²) in [5.41, 5.74) is -0.0562.